The van der Waals surface area contributed by atoms with Gasteiger partial charge < -0.3 is 9.72 Å². The number of aromatic amines is 1. The third-order valence-electron chi connectivity index (χ3n) is 2.79. The van der Waals surface area contributed by atoms with Crippen molar-refractivity contribution >= 4 is 10.9 Å². The Bertz CT molecular complexity index is 584. The summed E-state index contributed by atoms with van der Waals surface area (Å²) in [4.78, 5) is 15.3. The Morgan fingerprint density at radius 3 is 2.75 bits per heavy atom. The van der Waals surface area contributed by atoms with Crippen molar-refractivity contribution in [3.05, 3.63) is 39.7 Å². The molecule has 0 amide bonds. The summed E-state index contributed by atoms with van der Waals surface area (Å²) in [5, 5.41) is 0.689. The van der Waals surface area contributed by atoms with Crippen LogP contribution in [0.3, 0.4) is 0 Å². The molecule has 0 fully saturated rings. The van der Waals surface area contributed by atoms with Gasteiger partial charge in [0.1, 0.15) is 5.75 Å². The van der Waals surface area contributed by atoms with Crippen molar-refractivity contribution in [2.24, 2.45) is 0 Å². The van der Waals surface area contributed by atoms with Crippen LogP contribution in [0.1, 0.15) is 18.2 Å². The number of H-pyrrole nitrogens is 1. The van der Waals surface area contributed by atoms with Gasteiger partial charge in [-0.25, -0.2) is 0 Å². The van der Waals surface area contributed by atoms with Gasteiger partial charge in [-0.15, -0.1) is 0 Å². The number of pyridine rings is 1. The molecule has 1 aromatic heterocycles. The molecule has 16 heavy (non-hydrogen) atoms. The van der Waals surface area contributed by atoms with Crippen LogP contribution in [0.15, 0.2) is 23.0 Å². The van der Waals surface area contributed by atoms with Crippen LogP contribution in [0, 0.1) is 13.8 Å². The number of rotatable bonds is 2. The van der Waals surface area contributed by atoms with Crippen LogP contribution in [0.4, 0.5) is 0 Å². The Kier molecular flexibility index (Phi) is 2.69. The summed E-state index contributed by atoms with van der Waals surface area (Å²) in [6, 6.07) is 5.54. The quantitative estimate of drug-likeness (QED) is 0.840. The van der Waals surface area contributed by atoms with E-state index in [2.05, 4.69) is 4.98 Å². The maximum Gasteiger partial charge on any atom is 0.192 e. The molecule has 0 radical (unpaired) electrons. The van der Waals surface area contributed by atoms with E-state index in [1.807, 2.05) is 39.0 Å². The Morgan fingerprint density at radius 1 is 1.31 bits per heavy atom. The van der Waals surface area contributed by atoms with Crippen molar-refractivity contribution in [2.75, 3.05) is 6.61 Å². The number of fused-ring (bicyclic) bond motifs is 1. The normalized spacial score (nSPS) is 10.7. The molecule has 0 unspecified atom stereocenters. The molecular weight excluding hydrogens is 202 g/mol. The van der Waals surface area contributed by atoms with Gasteiger partial charge in [-0.2, -0.15) is 0 Å². The molecule has 0 saturated heterocycles. The average Bonchev–Trinajstić information content (AvgIpc) is 2.28. The standard InChI is InChI=1S/C13H15NO2/c1-4-16-11-7-5-6-10-12(11)14-9(3)8(2)13(10)15/h5-7H,4H2,1-3H3,(H,14,15). The van der Waals surface area contributed by atoms with Crippen LogP contribution in [-0.2, 0) is 0 Å². The predicted octanol–water partition coefficient (Wildman–Crippen LogP) is 2.54. The summed E-state index contributed by atoms with van der Waals surface area (Å²) in [7, 11) is 0. The van der Waals surface area contributed by atoms with Gasteiger partial charge in [-0.05, 0) is 32.9 Å². The van der Waals surface area contributed by atoms with E-state index in [9.17, 15) is 4.79 Å². The molecule has 3 heteroatoms. The molecule has 0 aliphatic carbocycles. The van der Waals surface area contributed by atoms with Crippen LogP contribution >= 0.6 is 0 Å². The molecule has 1 N–H and O–H groups in total. The minimum atomic E-state index is 0.0767. The molecule has 3 nitrogen and oxygen atoms in total. The second-order valence-corrected chi connectivity index (χ2v) is 3.82. The SMILES string of the molecule is CCOc1cccc2c(=O)c(C)c(C)[nH]c12. The second-order valence-electron chi connectivity index (χ2n) is 3.82. The van der Waals surface area contributed by atoms with Gasteiger partial charge in [0.15, 0.2) is 5.43 Å². The van der Waals surface area contributed by atoms with Gasteiger partial charge in [0, 0.05) is 16.6 Å². The molecule has 1 aromatic carbocycles. The van der Waals surface area contributed by atoms with Crippen LogP contribution in [0.5, 0.6) is 5.75 Å². The molecule has 0 atom stereocenters. The highest BCUT2D eigenvalue weighted by molar-refractivity contribution is 5.85. The molecule has 0 spiro atoms. The molecule has 0 aliphatic rings. The lowest BCUT2D eigenvalue weighted by atomic mass is 10.1. The van der Waals surface area contributed by atoms with Gasteiger partial charge in [-0.1, -0.05) is 6.07 Å². The van der Waals surface area contributed by atoms with Crippen LogP contribution in [0.25, 0.3) is 10.9 Å². The van der Waals surface area contributed by atoms with Crippen molar-refractivity contribution < 1.29 is 4.74 Å². The first-order valence-corrected chi connectivity index (χ1v) is 5.40. The lowest BCUT2D eigenvalue weighted by molar-refractivity contribution is 0.343. The minimum absolute atomic E-state index is 0.0767. The van der Waals surface area contributed by atoms with E-state index < -0.39 is 0 Å². The lowest BCUT2D eigenvalue weighted by Crippen LogP contribution is -2.10. The predicted molar refractivity (Wildman–Crippen MR) is 65.2 cm³/mol. The van der Waals surface area contributed by atoms with Gasteiger partial charge in [-0.3, -0.25) is 4.79 Å². The monoisotopic (exact) mass is 217 g/mol. The second kappa shape index (κ2) is 4.00. The zero-order chi connectivity index (χ0) is 11.7. The van der Waals surface area contributed by atoms with E-state index in [4.69, 9.17) is 4.74 Å². The Hall–Kier alpha value is -1.77. The Labute approximate surface area is 94.1 Å². The van der Waals surface area contributed by atoms with Crippen molar-refractivity contribution in [3.8, 4) is 5.75 Å². The highest BCUT2D eigenvalue weighted by Crippen LogP contribution is 2.22. The topological polar surface area (TPSA) is 42.1 Å². The molecule has 0 bridgehead atoms. The summed E-state index contributed by atoms with van der Waals surface area (Å²) >= 11 is 0. The third kappa shape index (κ3) is 1.58. The van der Waals surface area contributed by atoms with E-state index in [-0.39, 0.29) is 5.43 Å². The first-order chi connectivity index (χ1) is 7.65. The van der Waals surface area contributed by atoms with Crippen LogP contribution in [0.2, 0.25) is 0 Å². The first-order valence-electron chi connectivity index (χ1n) is 5.40. The van der Waals surface area contributed by atoms with E-state index in [0.29, 0.717) is 12.0 Å². The fourth-order valence-corrected chi connectivity index (χ4v) is 1.78. The maximum absolute atomic E-state index is 12.0. The summed E-state index contributed by atoms with van der Waals surface area (Å²) < 4.78 is 5.50. The lowest BCUT2D eigenvalue weighted by Gasteiger charge is -2.09. The number of aromatic nitrogens is 1. The van der Waals surface area contributed by atoms with Crippen molar-refractivity contribution in [1.29, 1.82) is 0 Å². The van der Waals surface area contributed by atoms with E-state index in [1.165, 1.54) is 0 Å². The van der Waals surface area contributed by atoms with Crippen molar-refractivity contribution in [1.82, 2.24) is 4.98 Å². The molecule has 0 saturated carbocycles. The number of hydrogen-bond donors (Lipinski definition) is 1. The number of ether oxygens (including phenoxy) is 1. The molecule has 1 heterocycles. The molecular formula is C13H15NO2. The van der Waals surface area contributed by atoms with Gasteiger partial charge in [0.25, 0.3) is 0 Å². The summed E-state index contributed by atoms with van der Waals surface area (Å²) in [6.07, 6.45) is 0. The fourth-order valence-electron chi connectivity index (χ4n) is 1.78. The number of para-hydroxylation sites is 1. The zero-order valence-corrected chi connectivity index (χ0v) is 9.76. The van der Waals surface area contributed by atoms with Gasteiger partial charge >= 0.3 is 0 Å². The summed E-state index contributed by atoms with van der Waals surface area (Å²) in [5.41, 5.74) is 2.52. The van der Waals surface area contributed by atoms with E-state index in [0.717, 1.165) is 22.5 Å². The number of hydrogen-bond acceptors (Lipinski definition) is 2. The maximum atomic E-state index is 12.0. The molecule has 2 rings (SSSR count). The third-order valence-corrected chi connectivity index (χ3v) is 2.79. The van der Waals surface area contributed by atoms with E-state index >= 15 is 0 Å². The number of benzene rings is 1. The van der Waals surface area contributed by atoms with Gasteiger partial charge in [0.2, 0.25) is 0 Å². The molecule has 84 valence electrons. The van der Waals surface area contributed by atoms with Crippen molar-refractivity contribution in [3.63, 3.8) is 0 Å². The number of aryl methyl sites for hydroxylation is 1. The highest BCUT2D eigenvalue weighted by Gasteiger charge is 2.08. The van der Waals surface area contributed by atoms with Crippen LogP contribution in [-0.4, -0.2) is 11.6 Å². The Morgan fingerprint density at radius 2 is 2.06 bits per heavy atom. The number of nitrogens with one attached hydrogen (secondary N) is 1. The average molecular weight is 217 g/mol. The minimum Gasteiger partial charge on any atom is -0.492 e. The van der Waals surface area contributed by atoms with E-state index in [1.54, 1.807) is 0 Å². The van der Waals surface area contributed by atoms with Crippen molar-refractivity contribution in [2.45, 2.75) is 20.8 Å². The molecule has 2 aromatic rings. The zero-order valence-electron chi connectivity index (χ0n) is 9.76. The largest absolute Gasteiger partial charge is 0.492 e. The van der Waals surface area contributed by atoms with Gasteiger partial charge in [0.05, 0.1) is 12.1 Å². The fraction of sp³-hybridized carbons (Fsp3) is 0.308. The summed E-state index contributed by atoms with van der Waals surface area (Å²) in [6.45, 7) is 6.26. The Balaban J connectivity index is 2.84. The first kappa shape index (κ1) is 10.7. The smallest absolute Gasteiger partial charge is 0.192 e. The highest BCUT2D eigenvalue weighted by atomic mass is 16.5. The summed E-state index contributed by atoms with van der Waals surface area (Å²) in [5.74, 6) is 0.736. The molecule has 0 aliphatic heterocycles. The van der Waals surface area contributed by atoms with Crippen LogP contribution < -0.4 is 10.2 Å².